The Morgan fingerprint density at radius 3 is 2.38 bits per heavy atom. The van der Waals surface area contributed by atoms with E-state index in [0.29, 0.717) is 31.9 Å². The summed E-state index contributed by atoms with van der Waals surface area (Å²) in [7, 11) is -3.81. The fourth-order valence-electron chi connectivity index (χ4n) is 3.89. The van der Waals surface area contributed by atoms with Crippen LogP contribution in [0.5, 0.6) is 0 Å². The summed E-state index contributed by atoms with van der Waals surface area (Å²) in [5, 5.41) is 0. The third kappa shape index (κ3) is 5.01. The Kier molecular flexibility index (Phi) is 6.59. The molecular formula is C23H25F2N3O3S. The second-order valence-corrected chi connectivity index (χ2v) is 9.56. The Morgan fingerprint density at radius 2 is 1.75 bits per heavy atom. The van der Waals surface area contributed by atoms with Gasteiger partial charge in [0.1, 0.15) is 17.4 Å². The molecule has 0 amide bonds. The van der Waals surface area contributed by atoms with Crippen molar-refractivity contribution in [3.63, 3.8) is 0 Å². The van der Waals surface area contributed by atoms with E-state index in [2.05, 4.69) is 14.5 Å². The first kappa shape index (κ1) is 22.4. The number of rotatable bonds is 7. The van der Waals surface area contributed by atoms with Gasteiger partial charge in [0.2, 0.25) is 10.0 Å². The highest BCUT2D eigenvalue weighted by atomic mass is 32.2. The topological polar surface area (TPSA) is 65.8 Å². The number of furan rings is 1. The fraction of sp³-hybridized carbons (Fsp3) is 0.304. The van der Waals surface area contributed by atoms with E-state index in [4.69, 9.17) is 4.42 Å². The van der Waals surface area contributed by atoms with E-state index in [1.165, 1.54) is 31.2 Å². The number of halogens is 2. The van der Waals surface area contributed by atoms with Crippen molar-refractivity contribution in [3.8, 4) is 0 Å². The zero-order valence-electron chi connectivity index (χ0n) is 17.7. The van der Waals surface area contributed by atoms with E-state index in [-0.39, 0.29) is 28.9 Å². The number of hydrogen-bond donors (Lipinski definition) is 1. The molecule has 1 aliphatic heterocycles. The van der Waals surface area contributed by atoms with Gasteiger partial charge in [-0.1, -0.05) is 0 Å². The summed E-state index contributed by atoms with van der Waals surface area (Å²) in [6.07, 6.45) is 1.56. The molecule has 0 aliphatic carbocycles. The van der Waals surface area contributed by atoms with Crippen molar-refractivity contribution in [1.29, 1.82) is 0 Å². The lowest BCUT2D eigenvalue weighted by Crippen LogP contribution is -2.49. The Balaban J connectivity index is 1.45. The number of nitrogens with zero attached hydrogens (tertiary/aromatic N) is 2. The van der Waals surface area contributed by atoms with Crippen LogP contribution in [0.15, 0.2) is 70.2 Å². The second-order valence-electron chi connectivity index (χ2n) is 7.79. The summed E-state index contributed by atoms with van der Waals surface area (Å²) in [6, 6.07) is 13.4. The predicted octanol–water partition coefficient (Wildman–Crippen LogP) is 3.71. The van der Waals surface area contributed by atoms with Crippen molar-refractivity contribution in [2.24, 2.45) is 0 Å². The highest BCUT2D eigenvalue weighted by Gasteiger charge is 2.28. The lowest BCUT2D eigenvalue weighted by atomic mass is 10.1. The first-order valence-electron chi connectivity index (χ1n) is 10.4. The van der Waals surface area contributed by atoms with Crippen LogP contribution in [0.2, 0.25) is 0 Å². The summed E-state index contributed by atoms with van der Waals surface area (Å²) >= 11 is 0. The summed E-state index contributed by atoms with van der Waals surface area (Å²) in [6.45, 7) is 4.43. The van der Waals surface area contributed by atoms with Crippen molar-refractivity contribution in [3.05, 3.63) is 83.8 Å². The number of nitrogens with one attached hydrogen (secondary N) is 1. The van der Waals surface area contributed by atoms with Crippen molar-refractivity contribution in [2.75, 3.05) is 37.6 Å². The van der Waals surface area contributed by atoms with Gasteiger partial charge in [-0.25, -0.2) is 21.9 Å². The van der Waals surface area contributed by atoms with E-state index in [1.807, 2.05) is 6.07 Å². The van der Waals surface area contributed by atoms with E-state index in [1.54, 1.807) is 24.5 Å². The number of benzene rings is 2. The van der Waals surface area contributed by atoms with Crippen molar-refractivity contribution >= 4 is 15.7 Å². The Morgan fingerprint density at radius 1 is 1.03 bits per heavy atom. The van der Waals surface area contributed by atoms with Gasteiger partial charge in [0.05, 0.1) is 17.2 Å². The van der Waals surface area contributed by atoms with Crippen LogP contribution in [-0.2, 0) is 10.0 Å². The summed E-state index contributed by atoms with van der Waals surface area (Å²) in [4.78, 5) is 4.36. The SMILES string of the molecule is Cc1cc(S(=O)(=O)NCC(c2ccco2)N2CCN(c3ccc(F)cc3)CC2)ccc1F. The normalized spacial score (nSPS) is 16.3. The van der Waals surface area contributed by atoms with Gasteiger partial charge >= 0.3 is 0 Å². The molecule has 1 aromatic heterocycles. The minimum absolute atomic E-state index is 0.0238. The maximum absolute atomic E-state index is 13.5. The number of piperazine rings is 1. The summed E-state index contributed by atoms with van der Waals surface area (Å²) in [5.41, 5.74) is 1.22. The smallest absolute Gasteiger partial charge is 0.240 e. The largest absolute Gasteiger partial charge is 0.468 e. The molecule has 1 N–H and O–H groups in total. The predicted molar refractivity (Wildman–Crippen MR) is 118 cm³/mol. The molecule has 1 saturated heterocycles. The second kappa shape index (κ2) is 9.40. The molecule has 6 nitrogen and oxygen atoms in total. The molecule has 1 atom stereocenters. The molecule has 1 unspecified atom stereocenters. The Bertz CT molecular complexity index is 1140. The minimum Gasteiger partial charge on any atom is -0.468 e. The Labute approximate surface area is 186 Å². The average molecular weight is 462 g/mol. The monoisotopic (exact) mass is 461 g/mol. The molecule has 32 heavy (non-hydrogen) atoms. The molecule has 9 heteroatoms. The summed E-state index contributed by atoms with van der Waals surface area (Å²) in [5.74, 6) is -0.0523. The maximum Gasteiger partial charge on any atom is 0.240 e. The quantitative estimate of drug-likeness (QED) is 0.581. The molecule has 170 valence electrons. The van der Waals surface area contributed by atoms with Crippen LogP contribution in [-0.4, -0.2) is 46.0 Å². The number of aryl methyl sites for hydroxylation is 1. The molecule has 0 saturated carbocycles. The van der Waals surface area contributed by atoms with Crippen LogP contribution < -0.4 is 9.62 Å². The highest BCUT2D eigenvalue weighted by molar-refractivity contribution is 7.89. The first-order valence-corrected chi connectivity index (χ1v) is 11.9. The first-order chi connectivity index (χ1) is 15.3. The summed E-state index contributed by atoms with van der Waals surface area (Å²) < 4.78 is 60.6. The minimum atomic E-state index is -3.81. The van der Waals surface area contributed by atoms with Gasteiger partial charge in [-0.2, -0.15) is 0 Å². The molecule has 0 bridgehead atoms. The van der Waals surface area contributed by atoms with E-state index < -0.39 is 15.8 Å². The molecule has 1 aliphatic rings. The lowest BCUT2D eigenvalue weighted by Gasteiger charge is -2.39. The van der Waals surface area contributed by atoms with Crippen LogP contribution in [0.3, 0.4) is 0 Å². The Hall–Kier alpha value is -2.75. The van der Waals surface area contributed by atoms with Gasteiger partial charge in [0, 0.05) is 38.4 Å². The van der Waals surface area contributed by atoms with Crippen LogP contribution >= 0.6 is 0 Å². The average Bonchev–Trinajstić information content (AvgIpc) is 3.31. The van der Waals surface area contributed by atoms with Crippen LogP contribution in [0.25, 0.3) is 0 Å². The van der Waals surface area contributed by atoms with Gasteiger partial charge in [-0.15, -0.1) is 0 Å². The molecule has 2 heterocycles. The third-order valence-electron chi connectivity index (χ3n) is 5.72. The van der Waals surface area contributed by atoms with Gasteiger partial charge in [0.15, 0.2) is 0 Å². The fourth-order valence-corrected chi connectivity index (χ4v) is 5.01. The molecule has 2 aromatic carbocycles. The molecule has 4 rings (SSSR count). The third-order valence-corrected chi connectivity index (χ3v) is 7.15. The maximum atomic E-state index is 13.5. The van der Waals surface area contributed by atoms with E-state index in [9.17, 15) is 17.2 Å². The van der Waals surface area contributed by atoms with E-state index in [0.717, 1.165) is 11.8 Å². The molecule has 0 radical (unpaired) electrons. The standard InChI is InChI=1S/C23H25F2N3O3S/c1-17-15-20(8-9-21(17)25)32(29,30)26-16-22(23-3-2-14-31-23)28-12-10-27(11-13-28)19-6-4-18(24)5-7-19/h2-9,14-15,22,26H,10-13,16H2,1H3. The number of hydrogen-bond acceptors (Lipinski definition) is 5. The van der Waals surface area contributed by atoms with Crippen LogP contribution in [0, 0.1) is 18.6 Å². The van der Waals surface area contributed by atoms with Gasteiger partial charge in [0.25, 0.3) is 0 Å². The lowest BCUT2D eigenvalue weighted by molar-refractivity contribution is 0.166. The zero-order chi connectivity index (χ0) is 22.7. The van der Waals surface area contributed by atoms with E-state index >= 15 is 0 Å². The number of sulfonamides is 1. The van der Waals surface area contributed by atoms with Crippen LogP contribution in [0.4, 0.5) is 14.5 Å². The van der Waals surface area contributed by atoms with Crippen molar-refractivity contribution in [2.45, 2.75) is 17.9 Å². The van der Waals surface area contributed by atoms with Crippen LogP contribution in [0.1, 0.15) is 17.4 Å². The molecule has 1 fully saturated rings. The number of anilines is 1. The molecule has 0 spiro atoms. The van der Waals surface area contributed by atoms with Gasteiger partial charge < -0.3 is 9.32 Å². The van der Waals surface area contributed by atoms with Crippen molar-refractivity contribution < 1.29 is 21.6 Å². The van der Waals surface area contributed by atoms with Gasteiger partial charge in [-0.3, -0.25) is 4.90 Å². The zero-order valence-corrected chi connectivity index (χ0v) is 18.5. The molecular weight excluding hydrogens is 436 g/mol. The van der Waals surface area contributed by atoms with Crippen molar-refractivity contribution in [1.82, 2.24) is 9.62 Å². The highest BCUT2D eigenvalue weighted by Crippen LogP contribution is 2.25. The van der Waals surface area contributed by atoms with Gasteiger partial charge in [-0.05, 0) is 67.1 Å². The molecule has 3 aromatic rings.